The zero-order chi connectivity index (χ0) is 16.3. The maximum atomic E-state index is 11.8. The fourth-order valence-electron chi connectivity index (χ4n) is 2.03. The lowest BCUT2D eigenvalue weighted by atomic mass is 10.1. The van der Waals surface area contributed by atoms with Crippen molar-refractivity contribution in [3.05, 3.63) is 0 Å². The molecule has 1 atom stereocenters. The van der Waals surface area contributed by atoms with E-state index in [1.54, 1.807) is 20.9 Å². The number of nitrogens with zero attached hydrogens (tertiary/aromatic N) is 2. The molecule has 1 aliphatic heterocycles. The highest BCUT2D eigenvalue weighted by molar-refractivity contribution is 14.0. The summed E-state index contributed by atoms with van der Waals surface area (Å²) in [7, 11) is -1.35. The Morgan fingerprint density at radius 2 is 2.05 bits per heavy atom. The maximum Gasteiger partial charge on any atom is 0.193 e. The predicted molar refractivity (Wildman–Crippen MR) is 108 cm³/mol. The number of nitrogens with one attached hydrogen (secondary N) is 1. The Hall–Kier alpha value is 0.300. The van der Waals surface area contributed by atoms with Crippen LogP contribution in [0.3, 0.4) is 0 Å². The highest BCUT2D eigenvalue weighted by Crippen LogP contribution is 2.25. The third-order valence-electron chi connectivity index (χ3n) is 4.02. The predicted octanol–water partition coefficient (Wildman–Crippen LogP) is 2.08. The molecule has 1 rings (SSSR count). The second-order valence-corrected chi connectivity index (χ2v) is 10.5. The van der Waals surface area contributed by atoms with Gasteiger partial charge in [-0.2, -0.15) is 11.8 Å². The van der Waals surface area contributed by atoms with E-state index in [-0.39, 0.29) is 24.0 Å². The number of thioether (sulfide) groups is 1. The average Bonchev–Trinajstić information content (AvgIpc) is 2.38. The van der Waals surface area contributed by atoms with Crippen LogP contribution in [-0.2, 0) is 9.84 Å². The Morgan fingerprint density at radius 1 is 1.45 bits per heavy atom. The molecule has 1 N–H and O–H groups in total. The molecule has 1 aliphatic rings. The number of halogens is 1. The minimum Gasteiger partial charge on any atom is -0.355 e. The van der Waals surface area contributed by atoms with Crippen molar-refractivity contribution in [3.63, 3.8) is 0 Å². The zero-order valence-electron chi connectivity index (χ0n) is 14.4. The first-order valence-electron chi connectivity index (χ1n) is 7.35. The van der Waals surface area contributed by atoms with Crippen LogP contribution in [0.4, 0.5) is 0 Å². The van der Waals surface area contributed by atoms with Gasteiger partial charge in [0.1, 0.15) is 0 Å². The van der Waals surface area contributed by atoms with Crippen molar-refractivity contribution >= 4 is 51.5 Å². The second kappa shape index (κ2) is 8.96. The first-order chi connectivity index (χ1) is 9.58. The number of guanidine groups is 1. The molecular weight excluding hydrogens is 433 g/mol. The number of rotatable bonds is 4. The third-order valence-corrected chi connectivity index (χ3v) is 7.72. The number of sulfone groups is 1. The van der Waals surface area contributed by atoms with Crippen molar-refractivity contribution in [3.8, 4) is 0 Å². The molecule has 1 saturated heterocycles. The Bertz CT molecular complexity index is 478. The van der Waals surface area contributed by atoms with Crippen LogP contribution < -0.4 is 5.32 Å². The van der Waals surface area contributed by atoms with Gasteiger partial charge in [0.2, 0.25) is 0 Å². The van der Waals surface area contributed by atoms with E-state index in [9.17, 15) is 8.42 Å². The van der Waals surface area contributed by atoms with E-state index in [0.29, 0.717) is 17.7 Å². The van der Waals surface area contributed by atoms with Crippen molar-refractivity contribution in [1.29, 1.82) is 0 Å². The van der Waals surface area contributed by atoms with E-state index < -0.39 is 14.6 Å². The van der Waals surface area contributed by atoms with Crippen molar-refractivity contribution in [1.82, 2.24) is 10.2 Å². The van der Waals surface area contributed by atoms with E-state index in [1.165, 1.54) is 6.26 Å². The van der Waals surface area contributed by atoms with Gasteiger partial charge in [-0.1, -0.05) is 13.8 Å². The molecule has 132 valence electrons. The summed E-state index contributed by atoms with van der Waals surface area (Å²) >= 11 is 2.01. The van der Waals surface area contributed by atoms with Crippen molar-refractivity contribution < 1.29 is 8.42 Å². The van der Waals surface area contributed by atoms with Gasteiger partial charge < -0.3 is 10.2 Å². The number of hydrogen-bond donors (Lipinski definition) is 1. The second-order valence-electron chi connectivity index (χ2n) is 6.53. The molecule has 0 bridgehead atoms. The van der Waals surface area contributed by atoms with Crippen LogP contribution in [0.5, 0.6) is 0 Å². The van der Waals surface area contributed by atoms with Gasteiger partial charge in [-0.15, -0.1) is 24.0 Å². The molecule has 1 fully saturated rings. The Morgan fingerprint density at radius 3 is 2.50 bits per heavy atom. The van der Waals surface area contributed by atoms with E-state index in [1.807, 2.05) is 11.8 Å². The van der Waals surface area contributed by atoms with E-state index in [2.05, 4.69) is 29.1 Å². The quantitative estimate of drug-likeness (QED) is 0.393. The highest BCUT2D eigenvalue weighted by Gasteiger charge is 2.31. The van der Waals surface area contributed by atoms with Crippen LogP contribution >= 0.6 is 35.7 Å². The van der Waals surface area contributed by atoms with Crippen LogP contribution in [0.1, 0.15) is 27.7 Å². The van der Waals surface area contributed by atoms with Gasteiger partial charge in [0.05, 0.1) is 4.75 Å². The van der Waals surface area contributed by atoms with Crippen molar-refractivity contribution in [2.75, 3.05) is 38.7 Å². The van der Waals surface area contributed by atoms with E-state index in [0.717, 1.165) is 24.8 Å². The normalized spacial score (nSPS) is 20.8. The summed E-state index contributed by atoms with van der Waals surface area (Å²) in [5.74, 6) is 2.51. The first kappa shape index (κ1) is 22.3. The SMILES string of the molecule is CN=C(NCC(C)(C)S(C)(=O)=O)N1CCSC(C(C)C)C1.I. The standard InChI is InChI=1S/C14H29N3O2S2.HI/c1-11(2)12-9-17(7-8-20-12)13(15-5)16-10-14(3,4)21(6,18)19;/h11-12H,7-10H2,1-6H3,(H,15,16);1H. The van der Waals surface area contributed by atoms with Crippen molar-refractivity contribution in [2.24, 2.45) is 10.9 Å². The Kier molecular flexibility index (Phi) is 9.08. The summed E-state index contributed by atoms with van der Waals surface area (Å²) in [6, 6.07) is 0. The summed E-state index contributed by atoms with van der Waals surface area (Å²) in [6.07, 6.45) is 1.28. The zero-order valence-corrected chi connectivity index (χ0v) is 18.4. The number of hydrogen-bond acceptors (Lipinski definition) is 4. The molecule has 1 heterocycles. The van der Waals surface area contributed by atoms with Gasteiger partial charge >= 0.3 is 0 Å². The Balaban J connectivity index is 0.00000441. The van der Waals surface area contributed by atoms with Gasteiger partial charge in [-0.3, -0.25) is 4.99 Å². The van der Waals surface area contributed by atoms with Crippen LogP contribution in [-0.4, -0.2) is 68.0 Å². The third kappa shape index (κ3) is 6.07. The monoisotopic (exact) mass is 463 g/mol. The fraction of sp³-hybridized carbons (Fsp3) is 0.929. The van der Waals surface area contributed by atoms with Gasteiger partial charge in [-0.25, -0.2) is 8.42 Å². The maximum absolute atomic E-state index is 11.8. The summed E-state index contributed by atoms with van der Waals surface area (Å²) in [5.41, 5.74) is 0. The molecule has 0 spiro atoms. The molecule has 8 heteroatoms. The van der Waals surface area contributed by atoms with Crippen LogP contribution in [0, 0.1) is 5.92 Å². The lowest BCUT2D eigenvalue weighted by Gasteiger charge is -2.37. The fourth-order valence-corrected chi connectivity index (χ4v) is 3.66. The molecule has 0 aromatic heterocycles. The molecule has 22 heavy (non-hydrogen) atoms. The number of aliphatic imine (C=N–C) groups is 1. The lowest BCUT2D eigenvalue weighted by Crippen LogP contribution is -2.52. The molecule has 0 aromatic rings. The van der Waals surface area contributed by atoms with E-state index >= 15 is 0 Å². The molecule has 5 nitrogen and oxygen atoms in total. The van der Waals surface area contributed by atoms with Gasteiger partial charge in [0.25, 0.3) is 0 Å². The van der Waals surface area contributed by atoms with Gasteiger partial charge in [0, 0.05) is 43.9 Å². The molecule has 0 aliphatic carbocycles. The highest BCUT2D eigenvalue weighted by atomic mass is 127. The molecule has 0 saturated carbocycles. The summed E-state index contributed by atoms with van der Waals surface area (Å²) in [6.45, 7) is 10.2. The minimum absolute atomic E-state index is 0. The topological polar surface area (TPSA) is 61.8 Å². The molecular formula is C14H30IN3O2S2. The minimum atomic E-state index is -3.10. The van der Waals surface area contributed by atoms with Gasteiger partial charge in [0.15, 0.2) is 15.8 Å². The lowest BCUT2D eigenvalue weighted by molar-refractivity contribution is 0.379. The average molecular weight is 463 g/mol. The first-order valence-corrected chi connectivity index (χ1v) is 10.3. The Labute approximate surface area is 157 Å². The summed E-state index contributed by atoms with van der Waals surface area (Å²) < 4.78 is 22.7. The summed E-state index contributed by atoms with van der Waals surface area (Å²) in [5, 5.41) is 3.83. The molecule has 0 amide bonds. The summed E-state index contributed by atoms with van der Waals surface area (Å²) in [4.78, 5) is 6.55. The van der Waals surface area contributed by atoms with Crippen molar-refractivity contribution in [2.45, 2.75) is 37.7 Å². The van der Waals surface area contributed by atoms with Crippen LogP contribution in [0.15, 0.2) is 4.99 Å². The van der Waals surface area contributed by atoms with E-state index in [4.69, 9.17) is 0 Å². The van der Waals surface area contributed by atoms with Crippen LogP contribution in [0.25, 0.3) is 0 Å². The molecule has 0 radical (unpaired) electrons. The molecule has 1 unspecified atom stereocenters. The van der Waals surface area contributed by atoms with Crippen LogP contribution in [0.2, 0.25) is 0 Å². The smallest absolute Gasteiger partial charge is 0.193 e. The largest absolute Gasteiger partial charge is 0.355 e. The molecule has 0 aromatic carbocycles. The van der Waals surface area contributed by atoms with Gasteiger partial charge in [-0.05, 0) is 19.8 Å².